The van der Waals surface area contributed by atoms with Crippen molar-refractivity contribution in [1.29, 1.82) is 0 Å². The zero-order chi connectivity index (χ0) is 19.1. The van der Waals surface area contributed by atoms with Crippen molar-refractivity contribution in [3.63, 3.8) is 0 Å². The monoisotopic (exact) mass is 370 g/mol. The summed E-state index contributed by atoms with van der Waals surface area (Å²) in [6, 6.07) is 3.54. The second kappa shape index (κ2) is 6.88. The molecule has 0 amide bonds. The van der Waals surface area contributed by atoms with E-state index in [1.165, 1.54) is 0 Å². The number of nitrogens with zero attached hydrogens (tertiary/aromatic N) is 3. The predicted octanol–water partition coefficient (Wildman–Crippen LogP) is 3.04. The molecule has 1 aromatic carbocycles. The Bertz CT molecular complexity index is 947. The molecule has 0 spiro atoms. The number of halogens is 1. The third kappa shape index (κ3) is 3.16. The van der Waals surface area contributed by atoms with Crippen LogP contribution in [-0.4, -0.2) is 35.9 Å². The number of rotatable bonds is 3. The Morgan fingerprint density at radius 2 is 2.07 bits per heavy atom. The molecule has 6 nitrogen and oxygen atoms in total. The maximum absolute atomic E-state index is 14.8. The molecular formula is C20H23FN4O2. The number of piperidine rings is 1. The van der Waals surface area contributed by atoms with Gasteiger partial charge in [0.05, 0.1) is 5.56 Å². The summed E-state index contributed by atoms with van der Waals surface area (Å²) >= 11 is 0. The van der Waals surface area contributed by atoms with Gasteiger partial charge in [0.25, 0.3) is 0 Å². The van der Waals surface area contributed by atoms with Crippen molar-refractivity contribution in [1.82, 2.24) is 10.5 Å². The molecule has 0 saturated carbocycles. The Balaban J connectivity index is 1.95. The first-order valence-electron chi connectivity index (χ1n) is 9.37. The second-order valence-electron chi connectivity index (χ2n) is 7.09. The average molecular weight is 370 g/mol. The molecule has 1 unspecified atom stereocenters. The Hall–Kier alpha value is -2.54. The molecule has 142 valence electrons. The van der Waals surface area contributed by atoms with Crippen molar-refractivity contribution in [3.8, 4) is 0 Å². The molecule has 2 aliphatic heterocycles. The van der Waals surface area contributed by atoms with E-state index < -0.39 is 0 Å². The summed E-state index contributed by atoms with van der Waals surface area (Å²) in [5.74, 6) is 1.18. The number of pyridine rings is 1. The maximum atomic E-state index is 14.8. The van der Waals surface area contributed by atoms with Gasteiger partial charge in [-0.2, -0.15) is 0 Å². The number of hydroxylamine groups is 1. The van der Waals surface area contributed by atoms with Crippen molar-refractivity contribution >= 4 is 28.3 Å². The standard InChI is InChI=1S/C20H23FN4O2/c1-4-13-9-15-11(2)17(19-22-12(3)27-24-19)20(23-18(15)16(21)10-13)25-7-5-14(26)6-8-25/h9-10,12H,4-8H2,1-3H3,(H,22,24). The molecule has 3 heterocycles. The molecule has 1 atom stereocenters. The van der Waals surface area contributed by atoms with Crippen LogP contribution in [0.1, 0.15) is 43.4 Å². The van der Waals surface area contributed by atoms with Gasteiger partial charge in [-0.05, 0) is 43.5 Å². The van der Waals surface area contributed by atoms with Crippen LogP contribution < -0.4 is 10.4 Å². The summed E-state index contributed by atoms with van der Waals surface area (Å²) < 4.78 is 14.8. The molecule has 1 saturated heterocycles. The predicted molar refractivity (Wildman–Crippen MR) is 102 cm³/mol. The topological polar surface area (TPSA) is 66.8 Å². The number of aromatic nitrogens is 1. The number of anilines is 1. The molecule has 1 fully saturated rings. The van der Waals surface area contributed by atoms with Gasteiger partial charge in [-0.3, -0.25) is 4.79 Å². The summed E-state index contributed by atoms with van der Waals surface area (Å²) in [7, 11) is 0. The van der Waals surface area contributed by atoms with Gasteiger partial charge in [-0.15, -0.1) is 0 Å². The number of Topliss-reactive ketones (excluding diaryl/α,β-unsaturated/α-hetero) is 1. The normalized spacial score (nSPS) is 20.1. The van der Waals surface area contributed by atoms with Crippen LogP contribution in [-0.2, 0) is 16.1 Å². The largest absolute Gasteiger partial charge is 0.355 e. The number of benzene rings is 1. The van der Waals surface area contributed by atoms with Crippen LogP contribution in [0.4, 0.5) is 10.2 Å². The number of carbonyl (C=O) groups excluding carboxylic acids is 1. The fourth-order valence-corrected chi connectivity index (χ4v) is 3.69. The lowest BCUT2D eigenvalue weighted by Gasteiger charge is -2.30. The molecule has 4 rings (SSSR count). The van der Waals surface area contributed by atoms with Crippen LogP contribution in [0.15, 0.2) is 17.1 Å². The molecule has 0 aliphatic carbocycles. The highest BCUT2D eigenvalue weighted by atomic mass is 19.1. The van der Waals surface area contributed by atoms with Gasteiger partial charge in [0.2, 0.25) is 0 Å². The van der Waals surface area contributed by atoms with Gasteiger partial charge in [0.15, 0.2) is 12.1 Å². The summed E-state index contributed by atoms with van der Waals surface area (Å²) in [4.78, 5) is 28.3. The van der Waals surface area contributed by atoms with Gasteiger partial charge in [-0.1, -0.05) is 6.92 Å². The minimum absolute atomic E-state index is 0.248. The molecule has 0 radical (unpaired) electrons. The fourth-order valence-electron chi connectivity index (χ4n) is 3.69. The van der Waals surface area contributed by atoms with Crippen LogP contribution in [0.25, 0.3) is 10.9 Å². The van der Waals surface area contributed by atoms with Crippen LogP contribution in [0.3, 0.4) is 0 Å². The lowest BCUT2D eigenvalue weighted by molar-refractivity contribution is -0.119. The third-order valence-electron chi connectivity index (χ3n) is 5.25. The van der Waals surface area contributed by atoms with Crippen LogP contribution in [0, 0.1) is 12.7 Å². The lowest BCUT2D eigenvalue weighted by Crippen LogP contribution is -2.36. The number of carbonyl (C=O) groups is 1. The van der Waals surface area contributed by atoms with E-state index >= 15 is 0 Å². The van der Waals surface area contributed by atoms with Crippen LogP contribution in [0.5, 0.6) is 0 Å². The zero-order valence-corrected chi connectivity index (χ0v) is 15.8. The molecule has 1 N–H and O–H groups in total. The first kappa shape index (κ1) is 17.9. The first-order valence-corrected chi connectivity index (χ1v) is 9.37. The van der Waals surface area contributed by atoms with E-state index in [4.69, 9.17) is 9.82 Å². The fraction of sp³-hybridized carbons (Fsp3) is 0.450. The lowest BCUT2D eigenvalue weighted by atomic mass is 9.98. The minimum atomic E-state index is -0.320. The van der Waals surface area contributed by atoms with Gasteiger partial charge in [0, 0.05) is 31.3 Å². The highest BCUT2D eigenvalue weighted by molar-refractivity contribution is 6.08. The molecular weight excluding hydrogens is 347 g/mol. The van der Waals surface area contributed by atoms with Crippen molar-refractivity contribution in [2.75, 3.05) is 18.0 Å². The summed E-state index contributed by atoms with van der Waals surface area (Å²) in [5, 5.41) is 0.780. The van der Waals surface area contributed by atoms with E-state index in [1.807, 2.05) is 31.7 Å². The highest BCUT2D eigenvalue weighted by Crippen LogP contribution is 2.33. The Labute approximate surface area is 157 Å². The van der Waals surface area contributed by atoms with Gasteiger partial charge < -0.3 is 4.90 Å². The highest BCUT2D eigenvalue weighted by Gasteiger charge is 2.28. The molecule has 2 aromatic rings. The Kier molecular flexibility index (Phi) is 4.55. The molecule has 7 heteroatoms. The number of ketones is 1. The molecule has 1 aromatic heterocycles. The van der Waals surface area contributed by atoms with Crippen molar-refractivity contribution in [2.45, 2.75) is 46.3 Å². The van der Waals surface area contributed by atoms with Crippen LogP contribution >= 0.6 is 0 Å². The number of hydrogen-bond donors (Lipinski definition) is 1. The average Bonchev–Trinajstić information content (AvgIpc) is 3.08. The smallest absolute Gasteiger partial charge is 0.174 e. The number of amidine groups is 1. The quantitative estimate of drug-likeness (QED) is 0.900. The van der Waals surface area contributed by atoms with E-state index in [-0.39, 0.29) is 17.8 Å². The van der Waals surface area contributed by atoms with Crippen molar-refractivity contribution < 1.29 is 14.0 Å². The van der Waals surface area contributed by atoms with Gasteiger partial charge >= 0.3 is 0 Å². The maximum Gasteiger partial charge on any atom is 0.174 e. The van der Waals surface area contributed by atoms with E-state index in [0.717, 1.165) is 28.5 Å². The third-order valence-corrected chi connectivity index (χ3v) is 5.25. The van der Waals surface area contributed by atoms with Gasteiger partial charge in [-0.25, -0.2) is 24.7 Å². The summed E-state index contributed by atoms with van der Waals surface area (Å²) in [6.45, 7) is 6.95. The first-order chi connectivity index (χ1) is 13.0. The van der Waals surface area contributed by atoms with Gasteiger partial charge in [0.1, 0.15) is 22.9 Å². The van der Waals surface area contributed by atoms with E-state index in [0.29, 0.717) is 43.1 Å². The molecule has 0 bridgehead atoms. The number of aryl methyl sites for hydroxylation is 2. The number of hydrogen-bond acceptors (Lipinski definition) is 6. The van der Waals surface area contributed by atoms with Crippen molar-refractivity contribution in [2.24, 2.45) is 4.99 Å². The molecule has 27 heavy (non-hydrogen) atoms. The van der Waals surface area contributed by atoms with E-state index in [2.05, 4.69) is 10.5 Å². The van der Waals surface area contributed by atoms with E-state index in [1.54, 1.807) is 6.07 Å². The van der Waals surface area contributed by atoms with E-state index in [9.17, 15) is 9.18 Å². The number of fused-ring (bicyclic) bond motifs is 1. The summed E-state index contributed by atoms with van der Waals surface area (Å²) in [6.07, 6.45) is 1.39. The Morgan fingerprint density at radius 1 is 1.33 bits per heavy atom. The van der Waals surface area contributed by atoms with Crippen molar-refractivity contribution in [3.05, 3.63) is 34.6 Å². The SMILES string of the molecule is CCc1cc(F)c2nc(N3CCC(=O)CC3)c(C3=NC(C)ON3)c(C)c2c1. The Morgan fingerprint density at radius 3 is 2.70 bits per heavy atom. The minimum Gasteiger partial charge on any atom is -0.355 e. The number of nitrogens with one attached hydrogen (secondary N) is 1. The second-order valence-corrected chi connectivity index (χ2v) is 7.09. The zero-order valence-electron chi connectivity index (χ0n) is 15.8. The molecule has 2 aliphatic rings. The summed E-state index contributed by atoms with van der Waals surface area (Å²) in [5.41, 5.74) is 5.89. The number of aliphatic imine (C=N–C) groups is 1. The van der Waals surface area contributed by atoms with Crippen LogP contribution in [0.2, 0.25) is 0 Å².